The third-order valence-corrected chi connectivity index (χ3v) is 2.40. The minimum absolute atomic E-state index is 0.388. The van der Waals surface area contributed by atoms with E-state index in [-0.39, 0.29) is 0 Å². The van der Waals surface area contributed by atoms with Crippen LogP contribution in [-0.2, 0) is 14.3 Å². The molecule has 6 nitrogen and oxygen atoms in total. The van der Waals surface area contributed by atoms with Crippen molar-refractivity contribution in [3.05, 3.63) is 29.8 Å². The molecule has 0 fully saturated rings. The molecule has 0 saturated heterocycles. The van der Waals surface area contributed by atoms with Gasteiger partial charge in [0.2, 0.25) is 0 Å². The Bertz CT molecular complexity index is 494. The summed E-state index contributed by atoms with van der Waals surface area (Å²) in [7, 11) is 1.24. The molecule has 0 heterocycles. The Kier molecular flexibility index (Phi) is 4.96. The van der Waals surface area contributed by atoms with Gasteiger partial charge in [-0.05, 0) is 26.8 Å². The van der Waals surface area contributed by atoms with Gasteiger partial charge in [0.15, 0.2) is 6.04 Å². The van der Waals surface area contributed by atoms with Gasteiger partial charge in [0.05, 0.1) is 7.11 Å². The van der Waals surface area contributed by atoms with Gasteiger partial charge in [-0.25, -0.2) is 9.59 Å². The second-order valence-electron chi connectivity index (χ2n) is 5.23. The average molecular weight is 280 g/mol. The number of carbonyl (C=O) groups excluding carboxylic acids is 2. The number of carbonyl (C=O) groups is 2. The standard InChI is InChI=1S/C14H20N2O4/c1-14(2,3)20-13(18)16-11(12(17)19-4)9-7-5-6-8-10(9)15/h5-8,11H,15H2,1-4H3,(H,16,18). The normalized spacial score (nSPS) is 12.4. The highest BCUT2D eigenvalue weighted by Crippen LogP contribution is 2.21. The number of benzene rings is 1. The lowest BCUT2D eigenvalue weighted by atomic mass is 10.1. The summed E-state index contributed by atoms with van der Waals surface area (Å²) in [6.45, 7) is 5.20. The van der Waals surface area contributed by atoms with Crippen molar-refractivity contribution in [1.29, 1.82) is 0 Å². The van der Waals surface area contributed by atoms with E-state index < -0.39 is 23.7 Å². The summed E-state index contributed by atoms with van der Waals surface area (Å²) in [6.07, 6.45) is -0.712. The van der Waals surface area contributed by atoms with E-state index in [0.29, 0.717) is 11.3 Å². The second-order valence-corrected chi connectivity index (χ2v) is 5.23. The van der Waals surface area contributed by atoms with Crippen molar-refractivity contribution in [3.63, 3.8) is 0 Å². The second kappa shape index (κ2) is 6.27. The summed E-state index contributed by atoms with van der Waals surface area (Å²) in [5.74, 6) is -0.617. The van der Waals surface area contributed by atoms with Crippen LogP contribution in [-0.4, -0.2) is 24.8 Å². The van der Waals surface area contributed by atoms with Crippen molar-refractivity contribution in [2.45, 2.75) is 32.4 Å². The molecular formula is C14H20N2O4. The lowest BCUT2D eigenvalue weighted by molar-refractivity contribution is -0.143. The number of rotatable bonds is 3. The summed E-state index contributed by atoms with van der Waals surface area (Å²) in [4.78, 5) is 23.6. The molecule has 1 unspecified atom stereocenters. The predicted molar refractivity (Wildman–Crippen MR) is 75.0 cm³/mol. The molecule has 1 amide bonds. The van der Waals surface area contributed by atoms with Gasteiger partial charge in [-0.3, -0.25) is 0 Å². The number of anilines is 1. The quantitative estimate of drug-likeness (QED) is 0.653. The molecule has 0 aliphatic rings. The monoisotopic (exact) mass is 280 g/mol. The lowest BCUT2D eigenvalue weighted by Crippen LogP contribution is -2.38. The van der Waals surface area contributed by atoms with Crippen molar-refractivity contribution in [2.75, 3.05) is 12.8 Å². The molecule has 0 aliphatic carbocycles. The minimum Gasteiger partial charge on any atom is -0.467 e. The number of ether oxygens (including phenoxy) is 2. The fourth-order valence-electron chi connectivity index (χ4n) is 1.58. The summed E-state index contributed by atoms with van der Waals surface area (Å²) >= 11 is 0. The van der Waals surface area contributed by atoms with Crippen LogP contribution in [0.1, 0.15) is 32.4 Å². The van der Waals surface area contributed by atoms with E-state index in [4.69, 9.17) is 10.5 Å². The predicted octanol–water partition coefficient (Wildman–Crippen LogP) is 2.01. The summed E-state index contributed by atoms with van der Waals surface area (Å²) in [6, 6.07) is 5.74. The number of methoxy groups -OCH3 is 1. The zero-order valence-corrected chi connectivity index (χ0v) is 12.1. The van der Waals surface area contributed by atoms with Gasteiger partial charge >= 0.3 is 12.1 Å². The number of nitrogen functional groups attached to an aromatic ring is 1. The minimum atomic E-state index is -1.00. The summed E-state index contributed by atoms with van der Waals surface area (Å²) in [5, 5.41) is 2.47. The van der Waals surface area contributed by atoms with Crippen molar-refractivity contribution in [1.82, 2.24) is 5.32 Å². The van der Waals surface area contributed by atoms with E-state index in [1.165, 1.54) is 7.11 Å². The Hall–Kier alpha value is -2.24. The topological polar surface area (TPSA) is 90.6 Å². The number of alkyl carbamates (subject to hydrolysis) is 1. The van der Waals surface area contributed by atoms with Gasteiger partial charge in [0, 0.05) is 11.3 Å². The van der Waals surface area contributed by atoms with Crippen LogP contribution >= 0.6 is 0 Å². The largest absolute Gasteiger partial charge is 0.467 e. The molecular weight excluding hydrogens is 260 g/mol. The van der Waals surface area contributed by atoms with Crippen LogP contribution in [0.3, 0.4) is 0 Å². The Morgan fingerprint density at radius 1 is 1.25 bits per heavy atom. The maximum Gasteiger partial charge on any atom is 0.408 e. The molecule has 1 aromatic carbocycles. The van der Waals surface area contributed by atoms with Crippen LogP contribution in [0, 0.1) is 0 Å². The Balaban J connectivity index is 2.95. The first-order valence-electron chi connectivity index (χ1n) is 6.16. The van der Waals surface area contributed by atoms with Gasteiger partial charge in [-0.2, -0.15) is 0 Å². The van der Waals surface area contributed by atoms with Crippen LogP contribution in [0.25, 0.3) is 0 Å². The molecule has 0 bridgehead atoms. The van der Waals surface area contributed by atoms with Crippen LogP contribution in [0.2, 0.25) is 0 Å². The Labute approximate surface area is 118 Å². The smallest absolute Gasteiger partial charge is 0.408 e. The lowest BCUT2D eigenvalue weighted by Gasteiger charge is -2.23. The number of hydrogen-bond donors (Lipinski definition) is 2. The Morgan fingerprint density at radius 3 is 2.35 bits per heavy atom. The van der Waals surface area contributed by atoms with Crippen molar-refractivity contribution < 1.29 is 19.1 Å². The van der Waals surface area contributed by atoms with Gasteiger partial charge < -0.3 is 20.5 Å². The number of para-hydroxylation sites is 1. The SMILES string of the molecule is COC(=O)C(NC(=O)OC(C)(C)C)c1ccccc1N. The third kappa shape index (κ3) is 4.46. The van der Waals surface area contributed by atoms with E-state index in [1.807, 2.05) is 0 Å². The molecule has 0 spiro atoms. The molecule has 110 valence electrons. The van der Waals surface area contributed by atoms with Crippen LogP contribution in [0.5, 0.6) is 0 Å². The maximum atomic E-state index is 11.8. The number of esters is 1. The van der Waals surface area contributed by atoms with Crippen LogP contribution in [0.15, 0.2) is 24.3 Å². The van der Waals surface area contributed by atoms with Gasteiger partial charge in [-0.1, -0.05) is 18.2 Å². The number of hydrogen-bond acceptors (Lipinski definition) is 5. The van der Waals surface area contributed by atoms with Gasteiger partial charge in [-0.15, -0.1) is 0 Å². The molecule has 3 N–H and O–H groups in total. The summed E-state index contributed by atoms with van der Waals surface area (Å²) < 4.78 is 9.81. The van der Waals surface area contributed by atoms with E-state index >= 15 is 0 Å². The third-order valence-electron chi connectivity index (χ3n) is 2.40. The molecule has 6 heteroatoms. The molecule has 20 heavy (non-hydrogen) atoms. The molecule has 0 saturated carbocycles. The number of amides is 1. The first kappa shape index (κ1) is 15.8. The van der Waals surface area contributed by atoms with Gasteiger partial charge in [0.1, 0.15) is 5.60 Å². The number of nitrogens with two attached hydrogens (primary N) is 1. The molecule has 1 atom stereocenters. The first-order valence-corrected chi connectivity index (χ1v) is 6.16. The highest BCUT2D eigenvalue weighted by Gasteiger charge is 2.27. The van der Waals surface area contributed by atoms with E-state index in [1.54, 1.807) is 45.0 Å². The van der Waals surface area contributed by atoms with Crippen molar-refractivity contribution in [3.8, 4) is 0 Å². The van der Waals surface area contributed by atoms with Crippen LogP contribution in [0.4, 0.5) is 10.5 Å². The molecule has 0 aliphatic heterocycles. The highest BCUT2D eigenvalue weighted by atomic mass is 16.6. The van der Waals surface area contributed by atoms with Crippen LogP contribution < -0.4 is 11.1 Å². The van der Waals surface area contributed by atoms with E-state index in [9.17, 15) is 9.59 Å². The zero-order chi connectivity index (χ0) is 15.3. The molecule has 1 aromatic rings. The fourth-order valence-corrected chi connectivity index (χ4v) is 1.58. The fraction of sp³-hybridized carbons (Fsp3) is 0.429. The highest BCUT2D eigenvalue weighted by molar-refractivity contribution is 5.84. The zero-order valence-electron chi connectivity index (χ0n) is 12.1. The van der Waals surface area contributed by atoms with E-state index in [2.05, 4.69) is 10.1 Å². The van der Waals surface area contributed by atoms with Gasteiger partial charge in [0.25, 0.3) is 0 Å². The van der Waals surface area contributed by atoms with E-state index in [0.717, 1.165) is 0 Å². The average Bonchev–Trinajstić information content (AvgIpc) is 2.34. The summed E-state index contributed by atoms with van der Waals surface area (Å²) in [5.41, 5.74) is 6.01. The van der Waals surface area contributed by atoms with Crippen molar-refractivity contribution in [2.24, 2.45) is 0 Å². The van der Waals surface area contributed by atoms with Crippen molar-refractivity contribution >= 4 is 17.7 Å². The maximum absolute atomic E-state index is 11.8. The first-order chi connectivity index (χ1) is 9.24. The Morgan fingerprint density at radius 2 is 1.85 bits per heavy atom. The molecule has 1 rings (SSSR count). The molecule has 0 radical (unpaired) electrons. The molecule has 0 aromatic heterocycles. The number of nitrogens with one attached hydrogen (secondary N) is 1.